The lowest BCUT2D eigenvalue weighted by atomic mass is 9.99. The van der Waals surface area contributed by atoms with Crippen LogP contribution in [0.5, 0.6) is 0 Å². The van der Waals surface area contributed by atoms with E-state index in [9.17, 15) is 14.3 Å². The van der Waals surface area contributed by atoms with Crippen LogP contribution < -0.4 is 0 Å². The van der Waals surface area contributed by atoms with Crippen LogP contribution in [0.15, 0.2) is 0 Å². The number of carbonyl (C=O) groups excluding carboxylic acids is 1. The minimum atomic E-state index is -0.977. The number of fused-ring (bicyclic) bond motifs is 2. The van der Waals surface area contributed by atoms with E-state index in [0.29, 0.717) is 12.8 Å². The molecule has 17 heavy (non-hydrogen) atoms. The number of amides is 1. The molecule has 2 fully saturated rings. The Morgan fingerprint density at radius 1 is 1.47 bits per heavy atom. The van der Waals surface area contributed by atoms with E-state index >= 15 is 0 Å². The van der Waals surface area contributed by atoms with Gasteiger partial charge in [-0.15, -0.1) is 0 Å². The number of halogens is 1. The number of aliphatic hydroxyl groups is 1. The highest BCUT2D eigenvalue weighted by Crippen LogP contribution is 2.44. The molecule has 0 aromatic heterocycles. The summed E-state index contributed by atoms with van der Waals surface area (Å²) in [5.41, 5.74) is -0.593. The summed E-state index contributed by atoms with van der Waals surface area (Å²) in [6.07, 6.45) is -0.386. The highest BCUT2D eigenvalue weighted by Gasteiger charge is 2.54. The van der Waals surface area contributed by atoms with Gasteiger partial charge in [-0.25, -0.2) is 9.18 Å². The first-order valence-corrected chi connectivity index (χ1v) is 6.09. The number of rotatable bonds is 1. The van der Waals surface area contributed by atoms with Crippen molar-refractivity contribution in [3.63, 3.8) is 0 Å². The van der Waals surface area contributed by atoms with Gasteiger partial charge in [0.2, 0.25) is 0 Å². The third-order valence-electron chi connectivity index (χ3n) is 3.54. The van der Waals surface area contributed by atoms with Crippen molar-refractivity contribution in [2.75, 3.05) is 6.61 Å². The van der Waals surface area contributed by atoms with Crippen molar-refractivity contribution in [3.05, 3.63) is 0 Å². The van der Waals surface area contributed by atoms with Crippen molar-refractivity contribution in [1.29, 1.82) is 0 Å². The average molecular weight is 245 g/mol. The number of nitrogens with zero attached hydrogens (tertiary/aromatic N) is 1. The fourth-order valence-corrected chi connectivity index (χ4v) is 2.90. The molecule has 2 rings (SSSR count). The zero-order valence-electron chi connectivity index (χ0n) is 10.5. The second kappa shape index (κ2) is 4.12. The van der Waals surface area contributed by atoms with Gasteiger partial charge in [0.25, 0.3) is 0 Å². The van der Waals surface area contributed by atoms with Crippen molar-refractivity contribution >= 4 is 6.09 Å². The zero-order chi connectivity index (χ0) is 12.8. The lowest BCUT2D eigenvalue weighted by molar-refractivity contribution is -0.0133. The van der Waals surface area contributed by atoms with Crippen LogP contribution in [0.1, 0.15) is 33.6 Å². The maximum absolute atomic E-state index is 13.6. The van der Waals surface area contributed by atoms with Crippen LogP contribution >= 0.6 is 0 Å². The van der Waals surface area contributed by atoms with Gasteiger partial charge in [0.05, 0.1) is 18.7 Å². The quantitative estimate of drug-likeness (QED) is 0.765. The first kappa shape index (κ1) is 12.6. The normalized spacial score (nSPS) is 36.4. The summed E-state index contributed by atoms with van der Waals surface area (Å²) in [5.74, 6) is 0.0764. The van der Waals surface area contributed by atoms with Crippen molar-refractivity contribution in [3.8, 4) is 0 Å². The predicted molar refractivity (Wildman–Crippen MR) is 60.4 cm³/mol. The molecule has 98 valence electrons. The van der Waals surface area contributed by atoms with Gasteiger partial charge in [-0.2, -0.15) is 0 Å². The van der Waals surface area contributed by atoms with Gasteiger partial charge in [0, 0.05) is 0 Å². The van der Waals surface area contributed by atoms with Gasteiger partial charge < -0.3 is 9.84 Å². The highest BCUT2D eigenvalue weighted by molar-refractivity contribution is 5.70. The summed E-state index contributed by atoms with van der Waals surface area (Å²) >= 11 is 0. The summed E-state index contributed by atoms with van der Waals surface area (Å²) in [6, 6.07) is -0.686. The molecule has 1 unspecified atom stereocenters. The highest BCUT2D eigenvalue weighted by atomic mass is 19.1. The number of hydrogen-bond acceptors (Lipinski definition) is 3. The average Bonchev–Trinajstić information content (AvgIpc) is 2.69. The molecule has 5 heteroatoms. The van der Waals surface area contributed by atoms with E-state index in [1.165, 1.54) is 4.90 Å². The first-order valence-electron chi connectivity index (χ1n) is 6.09. The van der Waals surface area contributed by atoms with Crippen LogP contribution in [0.2, 0.25) is 0 Å². The van der Waals surface area contributed by atoms with Crippen LogP contribution in [0.25, 0.3) is 0 Å². The second-order valence-electron chi connectivity index (χ2n) is 5.95. The lowest BCUT2D eigenvalue weighted by Gasteiger charge is -2.36. The van der Waals surface area contributed by atoms with Crippen LogP contribution in [0, 0.1) is 5.92 Å². The summed E-state index contributed by atoms with van der Waals surface area (Å²) in [6.45, 7) is 5.22. The minimum absolute atomic E-state index is 0.0764. The van der Waals surface area contributed by atoms with E-state index in [-0.39, 0.29) is 18.6 Å². The van der Waals surface area contributed by atoms with Gasteiger partial charge in [-0.05, 0) is 39.5 Å². The van der Waals surface area contributed by atoms with Gasteiger partial charge >= 0.3 is 6.09 Å². The van der Waals surface area contributed by atoms with E-state index in [2.05, 4.69) is 0 Å². The Kier molecular flexibility index (Phi) is 3.06. The first-order chi connectivity index (χ1) is 7.83. The number of aliphatic hydroxyl groups excluding tert-OH is 1. The number of likely N-dealkylation sites (tertiary alicyclic amines) is 1. The topological polar surface area (TPSA) is 49.8 Å². The minimum Gasteiger partial charge on any atom is -0.444 e. The Morgan fingerprint density at radius 3 is 2.65 bits per heavy atom. The summed E-state index contributed by atoms with van der Waals surface area (Å²) < 4.78 is 18.9. The van der Waals surface area contributed by atoms with Gasteiger partial charge in [0.1, 0.15) is 11.8 Å². The van der Waals surface area contributed by atoms with Crippen molar-refractivity contribution in [2.45, 2.75) is 57.5 Å². The SMILES string of the molecule is CC(C)(C)OC(=O)N1C2C[C@@H](C[C@H]2F)[C@@H]1CO. The fraction of sp³-hybridized carbons (Fsp3) is 0.917. The van der Waals surface area contributed by atoms with Crippen LogP contribution in [-0.4, -0.2) is 46.6 Å². The second-order valence-corrected chi connectivity index (χ2v) is 5.95. The molecule has 1 saturated heterocycles. The Labute approximate surface area is 101 Å². The molecule has 1 amide bonds. The third-order valence-corrected chi connectivity index (χ3v) is 3.54. The largest absolute Gasteiger partial charge is 0.444 e. The Bertz CT molecular complexity index is 313. The van der Waals surface area contributed by atoms with E-state index in [1.54, 1.807) is 20.8 Å². The monoisotopic (exact) mass is 245 g/mol. The molecule has 0 aromatic rings. The van der Waals surface area contributed by atoms with Gasteiger partial charge in [-0.3, -0.25) is 4.90 Å². The summed E-state index contributed by atoms with van der Waals surface area (Å²) in [4.78, 5) is 13.4. The molecular weight excluding hydrogens is 225 g/mol. The molecule has 4 nitrogen and oxygen atoms in total. The number of alkyl halides is 1. The van der Waals surface area contributed by atoms with E-state index in [4.69, 9.17) is 4.74 Å². The molecule has 1 N–H and O–H groups in total. The van der Waals surface area contributed by atoms with Crippen molar-refractivity contribution in [1.82, 2.24) is 4.90 Å². The molecule has 0 radical (unpaired) electrons. The molecule has 0 aromatic carbocycles. The summed E-state index contributed by atoms with van der Waals surface area (Å²) in [7, 11) is 0. The summed E-state index contributed by atoms with van der Waals surface area (Å²) in [5, 5.41) is 9.32. The maximum atomic E-state index is 13.6. The number of piperidine rings is 1. The van der Waals surface area contributed by atoms with Gasteiger partial charge in [-0.1, -0.05) is 0 Å². The lowest BCUT2D eigenvalue weighted by Crippen LogP contribution is -2.52. The molecule has 4 atom stereocenters. The van der Waals surface area contributed by atoms with Crippen LogP contribution in [0.4, 0.5) is 9.18 Å². The molecular formula is C12H20FNO3. The van der Waals surface area contributed by atoms with Crippen LogP contribution in [0.3, 0.4) is 0 Å². The molecule has 2 aliphatic rings. The number of hydrogen-bond donors (Lipinski definition) is 1. The van der Waals surface area contributed by atoms with Crippen molar-refractivity contribution < 1.29 is 19.0 Å². The molecule has 2 bridgehead atoms. The Balaban J connectivity index is 2.11. The molecule has 0 spiro atoms. The Hall–Kier alpha value is -0.840. The van der Waals surface area contributed by atoms with E-state index in [1.807, 2.05) is 0 Å². The predicted octanol–water partition coefficient (Wildman–Crippen LogP) is 1.71. The third kappa shape index (κ3) is 2.25. The van der Waals surface area contributed by atoms with Gasteiger partial charge in [0.15, 0.2) is 0 Å². The number of carbonyl (C=O) groups is 1. The van der Waals surface area contributed by atoms with E-state index < -0.39 is 23.9 Å². The zero-order valence-corrected chi connectivity index (χ0v) is 10.5. The maximum Gasteiger partial charge on any atom is 0.410 e. The standard InChI is InChI=1S/C12H20FNO3/c1-12(2,3)17-11(16)14-9-5-7(4-8(9)13)10(14)6-15/h7-10,15H,4-6H2,1-3H3/t7-,8-,9?,10+/m1/s1. The smallest absolute Gasteiger partial charge is 0.410 e. The number of ether oxygens (including phenoxy) is 1. The molecule has 1 aliphatic carbocycles. The molecule has 1 aliphatic heterocycles. The fourth-order valence-electron chi connectivity index (χ4n) is 2.90. The van der Waals surface area contributed by atoms with Crippen LogP contribution in [-0.2, 0) is 4.74 Å². The van der Waals surface area contributed by atoms with Crippen molar-refractivity contribution in [2.24, 2.45) is 5.92 Å². The Morgan fingerprint density at radius 2 is 2.12 bits per heavy atom. The molecule has 1 heterocycles. The van der Waals surface area contributed by atoms with E-state index in [0.717, 1.165) is 0 Å². The molecule has 1 saturated carbocycles.